The smallest absolute Gasteiger partial charge is 0.150 e. The quantitative estimate of drug-likeness (QED) is 0.801. The van der Waals surface area contributed by atoms with Crippen LogP contribution < -0.4 is 5.32 Å². The molecule has 92 valence electrons. The Morgan fingerprint density at radius 2 is 1.94 bits per heavy atom. The van der Waals surface area contributed by atoms with Crippen molar-refractivity contribution < 1.29 is 0 Å². The van der Waals surface area contributed by atoms with Crippen LogP contribution in [0.4, 0.5) is 0 Å². The monoisotopic (exact) mass is 224 g/mol. The average Bonchev–Trinajstić information content (AvgIpc) is 2.68. The lowest BCUT2D eigenvalue weighted by molar-refractivity contribution is 0.327. The Hall–Kier alpha value is -0.900. The second-order valence-electron chi connectivity index (χ2n) is 4.46. The maximum Gasteiger partial charge on any atom is 0.150 e. The van der Waals surface area contributed by atoms with E-state index in [0.29, 0.717) is 12.0 Å². The first-order valence-electron chi connectivity index (χ1n) is 6.22. The Balaban J connectivity index is 3.01. The van der Waals surface area contributed by atoms with E-state index in [1.54, 1.807) is 0 Å². The van der Waals surface area contributed by atoms with E-state index in [2.05, 4.69) is 47.8 Å². The Morgan fingerprint density at radius 3 is 2.38 bits per heavy atom. The van der Waals surface area contributed by atoms with Crippen molar-refractivity contribution >= 4 is 0 Å². The van der Waals surface area contributed by atoms with Gasteiger partial charge in [0.25, 0.3) is 0 Å². The minimum absolute atomic E-state index is 0.396. The van der Waals surface area contributed by atoms with Crippen molar-refractivity contribution in [2.24, 2.45) is 5.92 Å². The SMILES string of the molecule is CCc1nc(CC)n(C(CNC)C(C)C)n1. The van der Waals surface area contributed by atoms with Crippen LogP contribution in [0.25, 0.3) is 0 Å². The van der Waals surface area contributed by atoms with E-state index in [0.717, 1.165) is 31.0 Å². The van der Waals surface area contributed by atoms with Gasteiger partial charge in [-0.2, -0.15) is 5.10 Å². The molecule has 1 aromatic rings. The lowest BCUT2D eigenvalue weighted by Crippen LogP contribution is -2.28. The van der Waals surface area contributed by atoms with Gasteiger partial charge in [0.15, 0.2) is 5.82 Å². The zero-order chi connectivity index (χ0) is 12.1. The van der Waals surface area contributed by atoms with Gasteiger partial charge in [0.1, 0.15) is 5.82 Å². The highest BCUT2D eigenvalue weighted by Crippen LogP contribution is 2.18. The molecule has 0 fully saturated rings. The second kappa shape index (κ2) is 5.99. The van der Waals surface area contributed by atoms with Gasteiger partial charge in [0.05, 0.1) is 6.04 Å². The van der Waals surface area contributed by atoms with Crippen LogP contribution in [0, 0.1) is 5.92 Å². The Labute approximate surface area is 98.5 Å². The molecule has 0 amide bonds. The van der Waals surface area contributed by atoms with Gasteiger partial charge < -0.3 is 5.32 Å². The van der Waals surface area contributed by atoms with Gasteiger partial charge in [0, 0.05) is 19.4 Å². The molecule has 1 aromatic heterocycles. The molecule has 1 N–H and O–H groups in total. The van der Waals surface area contributed by atoms with Crippen LogP contribution in [0.5, 0.6) is 0 Å². The van der Waals surface area contributed by atoms with Crippen LogP contribution in [0.1, 0.15) is 45.4 Å². The third-order valence-corrected chi connectivity index (χ3v) is 2.88. The summed E-state index contributed by atoms with van der Waals surface area (Å²) in [6.45, 7) is 9.64. The number of aromatic nitrogens is 3. The molecule has 1 unspecified atom stereocenters. The van der Waals surface area contributed by atoms with E-state index in [-0.39, 0.29) is 0 Å². The Morgan fingerprint density at radius 1 is 1.25 bits per heavy atom. The van der Waals surface area contributed by atoms with E-state index in [4.69, 9.17) is 0 Å². The van der Waals surface area contributed by atoms with Gasteiger partial charge >= 0.3 is 0 Å². The molecule has 1 atom stereocenters. The van der Waals surface area contributed by atoms with Gasteiger partial charge in [0.2, 0.25) is 0 Å². The molecule has 16 heavy (non-hydrogen) atoms. The van der Waals surface area contributed by atoms with Crippen LogP contribution in [-0.2, 0) is 12.8 Å². The van der Waals surface area contributed by atoms with E-state index in [9.17, 15) is 0 Å². The van der Waals surface area contributed by atoms with Crippen molar-refractivity contribution in [3.05, 3.63) is 11.6 Å². The number of hydrogen-bond acceptors (Lipinski definition) is 3. The molecule has 0 aliphatic heterocycles. The average molecular weight is 224 g/mol. The van der Waals surface area contributed by atoms with Crippen molar-refractivity contribution in [1.82, 2.24) is 20.1 Å². The molecule has 0 saturated heterocycles. The van der Waals surface area contributed by atoms with Crippen LogP contribution in [-0.4, -0.2) is 28.4 Å². The largest absolute Gasteiger partial charge is 0.318 e. The standard InChI is InChI=1S/C12H24N4/c1-6-11-14-12(7-2)16(15-11)10(8-13-5)9(3)4/h9-10,13H,6-8H2,1-5H3. The van der Waals surface area contributed by atoms with E-state index >= 15 is 0 Å². The lowest BCUT2D eigenvalue weighted by Gasteiger charge is -2.22. The molecular weight excluding hydrogens is 200 g/mol. The van der Waals surface area contributed by atoms with Gasteiger partial charge in [-0.1, -0.05) is 27.7 Å². The molecule has 0 spiro atoms. The molecule has 0 bridgehead atoms. The summed E-state index contributed by atoms with van der Waals surface area (Å²) in [6.07, 6.45) is 1.85. The molecule has 0 aromatic carbocycles. The zero-order valence-corrected chi connectivity index (χ0v) is 11.1. The first-order chi connectivity index (χ1) is 7.63. The predicted molar refractivity (Wildman–Crippen MR) is 66.6 cm³/mol. The molecule has 0 aliphatic carbocycles. The fourth-order valence-corrected chi connectivity index (χ4v) is 1.87. The third-order valence-electron chi connectivity index (χ3n) is 2.88. The Bertz CT molecular complexity index is 317. The van der Waals surface area contributed by atoms with Crippen LogP contribution in [0.15, 0.2) is 0 Å². The fourth-order valence-electron chi connectivity index (χ4n) is 1.87. The Kier molecular flexibility index (Phi) is 4.93. The maximum absolute atomic E-state index is 4.61. The molecule has 1 rings (SSSR count). The summed E-state index contributed by atoms with van der Waals surface area (Å²) in [5, 5.41) is 7.84. The van der Waals surface area contributed by atoms with Crippen molar-refractivity contribution in [1.29, 1.82) is 0 Å². The van der Waals surface area contributed by atoms with Crippen LogP contribution >= 0.6 is 0 Å². The lowest BCUT2D eigenvalue weighted by atomic mass is 10.0. The number of nitrogens with one attached hydrogen (secondary N) is 1. The number of likely N-dealkylation sites (N-methyl/N-ethyl adjacent to an activating group) is 1. The summed E-state index contributed by atoms with van der Waals surface area (Å²) < 4.78 is 2.11. The number of nitrogens with zero attached hydrogens (tertiary/aromatic N) is 3. The van der Waals surface area contributed by atoms with Crippen molar-refractivity contribution in [2.75, 3.05) is 13.6 Å². The molecule has 0 aliphatic rings. The van der Waals surface area contributed by atoms with Gasteiger partial charge in [-0.15, -0.1) is 0 Å². The van der Waals surface area contributed by atoms with Crippen LogP contribution in [0.2, 0.25) is 0 Å². The van der Waals surface area contributed by atoms with Crippen molar-refractivity contribution in [3.63, 3.8) is 0 Å². The fraction of sp³-hybridized carbons (Fsp3) is 0.833. The zero-order valence-electron chi connectivity index (χ0n) is 11.1. The highest BCUT2D eigenvalue weighted by atomic mass is 15.4. The maximum atomic E-state index is 4.61. The summed E-state index contributed by atoms with van der Waals surface area (Å²) >= 11 is 0. The van der Waals surface area contributed by atoms with E-state index in [1.165, 1.54) is 0 Å². The predicted octanol–water partition coefficient (Wildman–Crippen LogP) is 1.82. The minimum Gasteiger partial charge on any atom is -0.318 e. The summed E-state index contributed by atoms with van der Waals surface area (Å²) in [6, 6.07) is 0.396. The first kappa shape index (κ1) is 13.2. The summed E-state index contributed by atoms with van der Waals surface area (Å²) in [5.74, 6) is 2.62. The topological polar surface area (TPSA) is 42.7 Å². The summed E-state index contributed by atoms with van der Waals surface area (Å²) in [5.41, 5.74) is 0. The minimum atomic E-state index is 0.396. The van der Waals surface area contributed by atoms with Crippen molar-refractivity contribution in [3.8, 4) is 0 Å². The first-order valence-corrected chi connectivity index (χ1v) is 6.22. The highest BCUT2D eigenvalue weighted by Gasteiger charge is 2.19. The molecule has 0 saturated carbocycles. The van der Waals surface area contributed by atoms with E-state index in [1.807, 2.05) is 7.05 Å². The highest BCUT2D eigenvalue weighted by molar-refractivity contribution is 4.95. The number of rotatable bonds is 6. The van der Waals surface area contributed by atoms with Gasteiger partial charge in [-0.3, -0.25) is 0 Å². The normalized spacial score (nSPS) is 13.4. The summed E-state index contributed by atoms with van der Waals surface area (Å²) in [4.78, 5) is 4.56. The molecule has 1 heterocycles. The van der Waals surface area contributed by atoms with E-state index < -0.39 is 0 Å². The van der Waals surface area contributed by atoms with Gasteiger partial charge in [-0.25, -0.2) is 9.67 Å². The molecule has 0 radical (unpaired) electrons. The van der Waals surface area contributed by atoms with Crippen molar-refractivity contribution in [2.45, 2.75) is 46.6 Å². The number of aryl methyl sites for hydroxylation is 2. The third kappa shape index (κ3) is 2.82. The summed E-state index contributed by atoms with van der Waals surface area (Å²) in [7, 11) is 1.98. The second-order valence-corrected chi connectivity index (χ2v) is 4.46. The molecular formula is C12H24N4. The van der Waals surface area contributed by atoms with Gasteiger partial charge in [-0.05, 0) is 13.0 Å². The van der Waals surface area contributed by atoms with Crippen LogP contribution in [0.3, 0.4) is 0 Å². The number of hydrogen-bond donors (Lipinski definition) is 1. The molecule has 4 nitrogen and oxygen atoms in total. The molecule has 4 heteroatoms.